The largest absolute Gasteiger partial charge is 0.493 e. The number of hydrogen-bond donors (Lipinski definition) is 1. The topological polar surface area (TPSA) is 98.1 Å². The number of cyclic esters (lactones) is 1. The molecule has 1 aromatic heterocycles. The van der Waals surface area contributed by atoms with Crippen LogP contribution in [-0.2, 0) is 4.74 Å². The summed E-state index contributed by atoms with van der Waals surface area (Å²) in [4.78, 5) is 37.7. The van der Waals surface area contributed by atoms with Crippen LogP contribution >= 0.6 is 0 Å². The van der Waals surface area contributed by atoms with Crippen LogP contribution in [0.1, 0.15) is 15.9 Å². The first-order chi connectivity index (χ1) is 15.1. The predicted octanol–water partition coefficient (Wildman–Crippen LogP) is 2.54. The standard InChI is InChI=1S/C23H18N2O6/c1-29-19-6-2-5-16-14-18(22(27)31-20(16)19)21(26)24-11-3-4-15-7-9-17(10-8-15)25-12-13-30-23(25)28/h2,5-10,14H,11-13H2,1H3,(H,24,26). The first-order valence-corrected chi connectivity index (χ1v) is 9.49. The molecular weight excluding hydrogens is 400 g/mol. The third kappa shape index (κ3) is 4.21. The number of anilines is 1. The highest BCUT2D eigenvalue weighted by atomic mass is 16.6. The molecule has 4 rings (SSSR count). The van der Waals surface area contributed by atoms with Gasteiger partial charge in [-0.3, -0.25) is 9.69 Å². The highest BCUT2D eigenvalue weighted by Crippen LogP contribution is 2.24. The van der Waals surface area contributed by atoms with Gasteiger partial charge in [0.05, 0.1) is 20.2 Å². The molecule has 0 radical (unpaired) electrons. The van der Waals surface area contributed by atoms with E-state index in [1.54, 1.807) is 47.4 Å². The summed E-state index contributed by atoms with van der Waals surface area (Å²) in [6.07, 6.45) is -0.363. The highest BCUT2D eigenvalue weighted by Gasteiger charge is 2.23. The van der Waals surface area contributed by atoms with Crippen molar-refractivity contribution in [2.45, 2.75) is 0 Å². The molecule has 1 N–H and O–H groups in total. The molecule has 0 aliphatic carbocycles. The van der Waals surface area contributed by atoms with E-state index >= 15 is 0 Å². The summed E-state index contributed by atoms with van der Waals surface area (Å²) in [5.74, 6) is 5.60. The van der Waals surface area contributed by atoms with Crippen LogP contribution in [0, 0.1) is 11.8 Å². The number of amides is 2. The quantitative estimate of drug-likeness (QED) is 0.517. The average Bonchev–Trinajstić information content (AvgIpc) is 3.22. The lowest BCUT2D eigenvalue weighted by Crippen LogP contribution is -2.28. The van der Waals surface area contributed by atoms with Gasteiger partial charge in [0.2, 0.25) is 0 Å². The van der Waals surface area contributed by atoms with E-state index in [2.05, 4.69) is 17.2 Å². The van der Waals surface area contributed by atoms with Crippen molar-refractivity contribution >= 4 is 28.7 Å². The Labute approximate surface area is 177 Å². The van der Waals surface area contributed by atoms with Crippen LogP contribution in [0.3, 0.4) is 0 Å². The Bertz CT molecular complexity index is 1270. The normalized spacial score (nSPS) is 12.8. The monoisotopic (exact) mass is 418 g/mol. The van der Waals surface area contributed by atoms with Crippen molar-refractivity contribution in [2.24, 2.45) is 0 Å². The van der Waals surface area contributed by atoms with E-state index in [1.807, 2.05) is 0 Å². The van der Waals surface area contributed by atoms with Gasteiger partial charge in [0.1, 0.15) is 12.2 Å². The Morgan fingerprint density at radius 1 is 1.19 bits per heavy atom. The van der Waals surface area contributed by atoms with E-state index in [4.69, 9.17) is 13.9 Å². The Morgan fingerprint density at radius 2 is 2.00 bits per heavy atom. The molecule has 0 bridgehead atoms. The molecule has 0 atom stereocenters. The molecule has 1 saturated heterocycles. The van der Waals surface area contributed by atoms with Gasteiger partial charge in [0.25, 0.3) is 5.91 Å². The SMILES string of the molecule is COc1cccc2cc(C(=O)NCC#Cc3ccc(N4CCOC4=O)cc3)c(=O)oc12. The van der Waals surface area contributed by atoms with Gasteiger partial charge in [0.15, 0.2) is 11.3 Å². The molecule has 0 saturated carbocycles. The minimum atomic E-state index is -0.751. The van der Waals surface area contributed by atoms with Gasteiger partial charge >= 0.3 is 11.7 Å². The van der Waals surface area contributed by atoms with E-state index in [-0.39, 0.29) is 23.8 Å². The fourth-order valence-corrected chi connectivity index (χ4v) is 3.16. The number of para-hydroxylation sites is 1. The summed E-state index contributed by atoms with van der Waals surface area (Å²) in [5, 5.41) is 3.17. The van der Waals surface area contributed by atoms with Crippen LogP contribution in [0.25, 0.3) is 11.0 Å². The van der Waals surface area contributed by atoms with E-state index in [0.717, 1.165) is 11.3 Å². The lowest BCUT2D eigenvalue weighted by atomic mass is 10.1. The van der Waals surface area contributed by atoms with Crippen molar-refractivity contribution in [1.29, 1.82) is 0 Å². The zero-order valence-corrected chi connectivity index (χ0v) is 16.6. The van der Waals surface area contributed by atoms with Crippen LogP contribution in [0.15, 0.2) is 57.7 Å². The summed E-state index contributed by atoms with van der Waals surface area (Å²) < 4.78 is 15.3. The molecule has 2 aromatic carbocycles. The van der Waals surface area contributed by atoms with Crippen molar-refractivity contribution in [1.82, 2.24) is 5.32 Å². The first-order valence-electron chi connectivity index (χ1n) is 9.49. The number of nitrogens with zero attached hydrogens (tertiary/aromatic N) is 1. The summed E-state index contributed by atoms with van der Waals surface area (Å²) in [6.45, 7) is 0.948. The third-order valence-electron chi connectivity index (χ3n) is 4.70. The van der Waals surface area contributed by atoms with Gasteiger partial charge in [-0.2, -0.15) is 0 Å². The maximum absolute atomic E-state index is 12.4. The Balaban J connectivity index is 1.41. The maximum atomic E-state index is 12.4. The van der Waals surface area contributed by atoms with Crippen LogP contribution in [0.5, 0.6) is 5.75 Å². The minimum absolute atomic E-state index is 0.0502. The number of rotatable bonds is 4. The highest BCUT2D eigenvalue weighted by molar-refractivity contribution is 5.97. The van der Waals surface area contributed by atoms with Crippen molar-refractivity contribution in [3.05, 3.63) is 70.1 Å². The average molecular weight is 418 g/mol. The number of carbonyl (C=O) groups is 2. The molecule has 8 nitrogen and oxygen atoms in total. The van der Waals surface area contributed by atoms with Crippen molar-refractivity contribution in [3.63, 3.8) is 0 Å². The van der Waals surface area contributed by atoms with Crippen LogP contribution in [0.2, 0.25) is 0 Å². The number of carbonyl (C=O) groups excluding carboxylic acids is 2. The summed E-state index contributed by atoms with van der Waals surface area (Å²) in [5.41, 5.74) is 0.892. The second-order valence-electron chi connectivity index (χ2n) is 6.62. The smallest absolute Gasteiger partial charge is 0.414 e. The Hall–Kier alpha value is -4.25. The molecule has 156 valence electrons. The summed E-state index contributed by atoms with van der Waals surface area (Å²) in [6, 6.07) is 13.7. The molecule has 3 aromatic rings. The molecular formula is C23H18N2O6. The third-order valence-corrected chi connectivity index (χ3v) is 4.70. The number of fused-ring (bicyclic) bond motifs is 1. The Morgan fingerprint density at radius 3 is 2.71 bits per heavy atom. The minimum Gasteiger partial charge on any atom is -0.493 e. The zero-order valence-electron chi connectivity index (χ0n) is 16.6. The van der Waals surface area contributed by atoms with E-state index in [1.165, 1.54) is 13.2 Å². The number of hydrogen-bond acceptors (Lipinski definition) is 6. The van der Waals surface area contributed by atoms with Crippen LogP contribution < -0.4 is 20.6 Å². The fraction of sp³-hybridized carbons (Fsp3) is 0.174. The van der Waals surface area contributed by atoms with Gasteiger partial charge in [-0.25, -0.2) is 9.59 Å². The van der Waals surface area contributed by atoms with Gasteiger partial charge < -0.3 is 19.2 Å². The van der Waals surface area contributed by atoms with Crippen molar-refractivity contribution in [3.8, 4) is 17.6 Å². The van der Waals surface area contributed by atoms with Gasteiger partial charge in [-0.15, -0.1) is 0 Å². The van der Waals surface area contributed by atoms with Gasteiger partial charge in [-0.05, 0) is 36.4 Å². The lowest BCUT2D eigenvalue weighted by Gasteiger charge is -2.11. The summed E-state index contributed by atoms with van der Waals surface area (Å²) >= 11 is 0. The maximum Gasteiger partial charge on any atom is 0.414 e. The lowest BCUT2D eigenvalue weighted by molar-refractivity contribution is 0.0955. The second kappa shape index (κ2) is 8.63. The van der Waals surface area contributed by atoms with Crippen LogP contribution in [0.4, 0.5) is 10.5 Å². The zero-order chi connectivity index (χ0) is 21.8. The molecule has 2 heterocycles. The molecule has 31 heavy (non-hydrogen) atoms. The van der Waals surface area contributed by atoms with Crippen molar-refractivity contribution in [2.75, 3.05) is 31.7 Å². The molecule has 1 aliphatic heterocycles. The fourth-order valence-electron chi connectivity index (χ4n) is 3.16. The van der Waals surface area contributed by atoms with Crippen LogP contribution in [-0.4, -0.2) is 38.8 Å². The number of ether oxygens (including phenoxy) is 2. The molecule has 0 spiro atoms. The molecule has 1 fully saturated rings. The number of methoxy groups -OCH3 is 1. The first kappa shape index (κ1) is 20.0. The molecule has 0 unspecified atom stereocenters. The van der Waals surface area contributed by atoms with E-state index in [0.29, 0.717) is 24.3 Å². The van der Waals surface area contributed by atoms with Gasteiger partial charge in [0, 0.05) is 16.6 Å². The number of nitrogens with one attached hydrogen (secondary N) is 1. The number of benzene rings is 2. The molecule has 1 aliphatic rings. The second-order valence-corrected chi connectivity index (χ2v) is 6.62. The van der Waals surface area contributed by atoms with Crippen molar-refractivity contribution < 1.29 is 23.5 Å². The Kier molecular flexibility index (Phi) is 5.58. The van der Waals surface area contributed by atoms with E-state index in [9.17, 15) is 14.4 Å². The van der Waals surface area contributed by atoms with E-state index < -0.39 is 11.5 Å². The summed E-state index contributed by atoms with van der Waals surface area (Å²) in [7, 11) is 1.47. The molecule has 2 amide bonds. The predicted molar refractivity (Wildman–Crippen MR) is 113 cm³/mol. The molecule has 8 heteroatoms. The van der Waals surface area contributed by atoms with Gasteiger partial charge in [-0.1, -0.05) is 24.0 Å².